The average molecular weight is 609 g/mol. The van der Waals surface area contributed by atoms with E-state index < -0.39 is 15.2 Å². The molecule has 2 heterocycles. The van der Waals surface area contributed by atoms with Crippen LogP contribution >= 0.6 is 54.5 Å². The van der Waals surface area contributed by atoms with Gasteiger partial charge in [-0.3, -0.25) is 0 Å². The van der Waals surface area contributed by atoms with E-state index in [9.17, 15) is 0 Å². The topological polar surface area (TPSA) is 0 Å². The van der Waals surface area contributed by atoms with Crippen LogP contribution in [0, 0.1) is 0 Å². The van der Waals surface area contributed by atoms with Gasteiger partial charge < -0.3 is 0 Å². The number of halogens is 2. The van der Waals surface area contributed by atoms with Gasteiger partial charge in [0.1, 0.15) is 0 Å². The van der Waals surface area contributed by atoms with Crippen LogP contribution in [0.25, 0.3) is 0 Å². The van der Waals surface area contributed by atoms with Crippen LogP contribution < -0.4 is 9.00 Å². The molecule has 0 atom stereocenters. The number of rotatable bonds is 15. The fraction of sp³-hybridized carbons (Fsp3) is 0.667. The first-order valence-electron chi connectivity index (χ1n) is 12.0. The molecule has 6 heteroatoms. The Balaban J connectivity index is 2.78. The quantitative estimate of drug-likeness (QED) is 0.177. The SMILES string of the molecule is CCCC[Si](CCCC)(c1ccc(Br)s1)[Si](CCCC)(CCCC)c1ccc(Br)s1. The molecule has 0 nitrogen and oxygen atoms in total. The molecule has 0 saturated carbocycles. The van der Waals surface area contributed by atoms with Crippen molar-refractivity contribution in [3.63, 3.8) is 0 Å². The predicted molar refractivity (Wildman–Crippen MR) is 154 cm³/mol. The molecule has 0 N–H and O–H groups in total. The van der Waals surface area contributed by atoms with Gasteiger partial charge in [-0.05, 0) is 53.0 Å². The van der Waals surface area contributed by atoms with Gasteiger partial charge in [0.15, 0.2) is 0 Å². The highest BCUT2D eigenvalue weighted by molar-refractivity contribution is 9.11. The third-order valence-electron chi connectivity index (χ3n) is 6.83. The molecule has 2 aromatic heterocycles. The van der Waals surface area contributed by atoms with Crippen molar-refractivity contribution in [1.29, 1.82) is 0 Å². The number of hydrogen-bond acceptors (Lipinski definition) is 2. The van der Waals surface area contributed by atoms with Crippen molar-refractivity contribution in [3.8, 4) is 0 Å². The summed E-state index contributed by atoms with van der Waals surface area (Å²) in [4.78, 5) is 0. The zero-order valence-electron chi connectivity index (χ0n) is 19.4. The van der Waals surface area contributed by atoms with Crippen molar-refractivity contribution in [3.05, 3.63) is 31.8 Å². The summed E-state index contributed by atoms with van der Waals surface area (Å²) in [6, 6.07) is 15.8. The fourth-order valence-corrected chi connectivity index (χ4v) is 36.5. The van der Waals surface area contributed by atoms with E-state index in [0.717, 1.165) is 0 Å². The Bertz CT molecular complexity index is 663. The maximum absolute atomic E-state index is 3.84. The van der Waals surface area contributed by atoms with Gasteiger partial charge in [0.05, 0.1) is 22.8 Å². The van der Waals surface area contributed by atoms with E-state index in [0.29, 0.717) is 0 Å². The van der Waals surface area contributed by atoms with Crippen LogP contribution in [0.1, 0.15) is 79.1 Å². The zero-order chi connectivity index (χ0) is 22.0. The van der Waals surface area contributed by atoms with Crippen LogP contribution in [0.15, 0.2) is 31.8 Å². The minimum absolute atomic E-state index is 1.33. The largest absolute Gasteiger partial charge is 0.138 e. The summed E-state index contributed by atoms with van der Waals surface area (Å²) in [5, 5.41) is 0. The summed E-state index contributed by atoms with van der Waals surface area (Å²) in [7, 11) is -3.31. The van der Waals surface area contributed by atoms with Gasteiger partial charge in [0, 0.05) is 0 Å². The van der Waals surface area contributed by atoms with Crippen molar-refractivity contribution >= 4 is 78.7 Å². The van der Waals surface area contributed by atoms with Gasteiger partial charge in [-0.25, -0.2) is 0 Å². The Morgan fingerprint density at radius 3 is 1.07 bits per heavy atom. The second-order valence-corrected chi connectivity index (χ2v) is 27.6. The van der Waals surface area contributed by atoms with Gasteiger partial charge in [0.25, 0.3) is 0 Å². The van der Waals surface area contributed by atoms with Crippen LogP contribution in [0.4, 0.5) is 0 Å². The number of thiophene rings is 2. The highest BCUT2D eigenvalue weighted by Gasteiger charge is 2.56. The van der Waals surface area contributed by atoms with E-state index in [1.54, 1.807) is 0 Å². The van der Waals surface area contributed by atoms with Crippen molar-refractivity contribution in [1.82, 2.24) is 0 Å². The summed E-state index contributed by atoms with van der Waals surface area (Å²) in [5.41, 5.74) is 0. The lowest BCUT2D eigenvalue weighted by molar-refractivity contribution is 0.822. The van der Waals surface area contributed by atoms with Crippen molar-refractivity contribution in [2.45, 2.75) is 103 Å². The second kappa shape index (κ2) is 13.5. The lowest BCUT2D eigenvalue weighted by atomic mass is 10.4. The molecule has 0 amide bonds. The highest BCUT2D eigenvalue weighted by atomic mass is 79.9. The molecule has 0 saturated heterocycles. The standard InChI is InChI=1S/C24H40Br2S2Si2/c1-5-9-17-29(18-10-6-2,23-15-13-21(25)27-23)30(19-11-7-3,20-12-8-4)24-16-14-22(26)28-24/h13-16H,5-12,17-20H2,1-4H3. The zero-order valence-corrected chi connectivity index (χ0v) is 26.2. The number of unbranched alkanes of at least 4 members (excludes halogenated alkanes) is 4. The van der Waals surface area contributed by atoms with E-state index in [1.807, 2.05) is 9.00 Å². The van der Waals surface area contributed by atoms with Crippen LogP contribution in [0.2, 0.25) is 24.2 Å². The van der Waals surface area contributed by atoms with Crippen LogP contribution in [-0.4, -0.2) is 15.2 Å². The Morgan fingerprint density at radius 1 is 0.567 bits per heavy atom. The Morgan fingerprint density at radius 2 is 0.867 bits per heavy atom. The van der Waals surface area contributed by atoms with Crippen LogP contribution in [0.3, 0.4) is 0 Å². The molecule has 0 fully saturated rings. The highest BCUT2D eigenvalue weighted by Crippen LogP contribution is 2.41. The summed E-state index contributed by atoms with van der Waals surface area (Å²) in [5.74, 6) is 0. The fourth-order valence-electron chi connectivity index (χ4n) is 5.23. The first kappa shape index (κ1) is 27.0. The van der Waals surface area contributed by atoms with E-state index >= 15 is 0 Å². The summed E-state index contributed by atoms with van der Waals surface area (Å²) in [6.07, 6.45) is 10.9. The molecule has 0 aliphatic heterocycles. The lowest BCUT2D eigenvalue weighted by Gasteiger charge is -2.48. The first-order chi connectivity index (χ1) is 14.5. The van der Waals surface area contributed by atoms with Gasteiger partial charge in [-0.2, -0.15) is 0 Å². The molecule has 0 unspecified atom stereocenters. The first-order valence-corrected chi connectivity index (χ1v) is 21.1. The molecule has 2 aromatic rings. The lowest BCUT2D eigenvalue weighted by Crippen LogP contribution is -2.74. The molecular weight excluding hydrogens is 568 g/mol. The molecule has 0 spiro atoms. The van der Waals surface area contributed by atoms with Gasteiger partial charge >= 0.3 is 0 Å². The third-order valence-corrected chi connectivity index (χ3v) is 32.7. The van der Waals surface area contributed by atoms with E-state index in [-0.39, 0.29) is 0 Å². The molecule has 0 aromatic carbocycles. The smallest absolute Gasteiger partial charge is 0.0992 e. The third kappa shape index (κ3) is 6.22. The van der Waals surface area contributed by atoms with Gasteiger partial charge in [-0.15, -0.1) is 22.7 Å². The minimum atomic E-state index is -1.66. The van der Waals surface area contributed by atoms with E-state index in [4.69, 9.17) is 0 Å². The summed E-state index contributed by atoms with van der Waals surface area (Å²) >= 11 is 11.9. The summed E-state index contributed by atoms with van der Waals surface area (Å²) < 4.78 is 6.31. The molecule has 0 radical (unpaired) electrons. The van der Waals surface area contributed by atoms with Crippen molar-refractivity contribution < 1.29 is 0 Å². The van der Waals surface area contributed by atoms with Gasteiger partial charge in [0.2, 0.25) is 0 Å². The van der Waals surface area contributed by atoms with E-state index in [2.05, 4.69) is 106 Å². The molecule has 2 rings (SSSR count). The predicted octanol–water partition coefficient (Wildman–Crippen LogP) is 9.63. The summed E-state index contributed by atoms with van der Waals surface area (Å²) in [6.45, 7) is 9.58. The minimum Gasteiger partial charge on any atom is -0.138 e. The second-order valence-electron chi connectivity index (χ2n) is 8.79. The molecular formula is C24H40Br2S2Si2. The maximum atomic E-state index is 3.84. The van der Waals surface area contributed by atoms with Crippen molar-refractivity contribution in [2.24, 2.45) is 0 Å². The Kier molecular flexibility index (Phi) is 12.2. The molecule has 30 heavy (non-hydrogen) atoms. The molecule has 170 valence electrons. The van der Waals surface area contributed by atoms with Crippen molar-refractivity contribution in [2.75, 3.05) is 0 Å². The molecule has 0 aliphatic carbocycles. The average Bonchev–Trinajstić information content (AvgIpc) is 3.38. The van der Waals surface area contributed by atoms with Crippen LogP contribution in [0.5, 0.6) is 0 Å². The van der Waals surface area contributed by atoms with Gasteiger partial charge in [-0.1, -0.05) is 115 Å². The Hall–Kier alpha value is 0.794. The van der Waals surface area contributed by atoms with E-state index in [1.165, 1.54) is 83.1 Å². The Labute approximate surface area is 212 Å². The molecule has 0 bridgehead atoms. The monoisotopic (exact) mass is 606 g/mol. The van der Waals surface area contributed by atoms with Crippen LogP contribution in [-0.2, 0) is 0 Å². The normalized spacial score (nSPS) is 12.6. The molecule has 0 aliphatic rings. The number of hydrogen-bond donors (Lipinski definition) is 0. The maximum Gasteiger partial charge on any atom is 0.0992 e.